The number of amides is 3. The fourth-order valence-electron chi connectivity index (χ4n) is 7.84. The van der Waals surface area contributed by atoms with Gasteiger partial charge < -0.3 is 39.1 Å². The van der Waals surface area contributed by atoms with Gasteiger partial charge in [-0.15, -0.1) is 0 Å². The first kappa shape index (κ1) is 36.6. The third kappa shape index (κ3) is 7.74. The third-order valence-electron chi connectivity index (χ3n) is 10.2. The molecular formula is C36H49FN4O7Si. The number of benzene rings is 2. The van der Waals surface area contributed by atoms with Crippen LogP contribution < -0.4 is 15.5 Å². The van der Waals surface area contributed by atoms with E-state index in [4.69, 9.17) is 9.47 Å². The summed E-state index contributed by atoms with van der Waals surface area (Å²) in [6, 6.07) is 14.4. The number of halogens is 1. The van der Waals surface area contributed by atoms with Crippen LogP contribution in [-0.2, 0) is 40.8 Å². The Morgan fingerprint density at radius 3 is 2.59 bits per heavy atom. The number of nitrogens with one attached hydrogen (secondary N) is 2. The van der Waals surface area contributed by atoms with Crippen molar-refractivity contribution in [3.8, 4) is 0 Å². The van der Waals surface area contributed by atoms with Gasteiger partial charge in [-0.25, -0.2) is 0 Å². The van der Waals surface area contributed by atoms with E-state index in [2.05, 4.69) is 10.6 Å². The van der Waals surface area contributed by atoms with Crippen molar-refractivity contribution in [2.24, 2.45) is 5.92 Å². The molecule has 2 aromatic rings. The van der Waals surface area contributed by atoms with E-state index in [0.29, 0.717) is 36.3 Å². The van der Waals surface area contributed by atoms with Crippen LogP contribution in [0.1, 0.15) is 56.6 Å². The smallest absolute Gasteiger partial charge is 0.305 e. The van der Waals surface area contributed by atoms with Crippen molar-refractivity contribution in [1.82, 2.24) is 10.2 Å². The molecule has 3 N–H and O–H groups in total. The van der Waals surface area contributed by atoms with Crippen molar-refractivity contribution in [1.29, 1.82) is 0 Å². The summed E-state index contributed by atoms with van der Waals surface area (Å²) in [4.78, 5) is 56.5. The van der Waals surface area contributed by atoms with Crippen LogP contribution in [0.25, 0.3) is 0 Å². The molecule has 5 rings (SSSR count). The number of carbonyl (C=O) groups excluding carboxylic acids is 4. The summed E-state index contributed by atoms with van der Waals surface area (Å²) in [5.41, 5.74) is 0.228. The highest BCUT2D eigenvalue weighted by molar-refractivity contribution is 6.72. The Balaban J connectivity index is 1.48. The summed E-state index contributed by atoms with van der Waals surface area (Å²) >= 11 is 0. The quantitative estimate of drug-likeness (QED) is 0.115. The zero-order valence-electron chi connectivity index (χ0n) is 28.9. The summed E-state index contributed by atoms with van der Waals surface area (Å²) in [6.07, 6.45) is 1.81. The maximum atomic E-state index is 16.4. The van der Waals surface area contributed by atoms with Crippen LogP contribution in [0.2, 0.25) is 18.6 Å². The lowest BCUT2D eigenvalue weighted by Gasteiger charge is -2.31. The lowest BCUT2D eigenvalue weighted by atomic mass is 9.82. The molecule has 2 fully saturated rings. The minimum absolute atomic E-state index is 0.0995. The molecule has 0 bridgehead atoms. The number of nitrogens with zero attached hydrogens (tertiary/aromatic N) is 2. The van der Waals surface area contributed by atoms with Gasteiger partial charge in [0.25, 0.3) is 5.91 Å². The summed E-state index contributed by atoms with van der Waals surface area (Å²) in [5, 5.41) is 16.0. The molecule has 0 unspecified atom stereocenters. The second-order valence-electron chi connectivity index (χ2n) is 13.9. The molecule has 49 heavy (non-hydrogen) atoms. The van der Waals surface area contributed by atoms with Gasteiger partial charge in [0.15, 0.2) is 5.60 Å². The van der Waals surface area contributed by atoms with Crippen LogP contribution in [-0.4, -0.2) is 87.6 Å². The van der Waals surface area contributed by atoms with E-state index >= 15 is 4.11 Å². The average molecular weight is 697 g/mol. The number of methoxy groups -OCH3 is 1. The number of carbonyl (C=O) groups is 4. The van der Waals surface area contributed by atoms with E-state index in [1.807, 2.05) is 37.3 Å². The van der Waals surface area contributed by atoms with Crippen LogP contribution in [0.15, 0.2) is 48.5 Å². The van der Waals surface area contributed by atoms with Crippen LogP contribution in [0, 0.1) is 5.92 Å². The maximum Gasteiger partial charge on any atom is 0.305 e. The van der Waals surface area contributed by atoms with E-state index in [-0.39, 0.29) is 62.3 Å². The van der Waals surface area contributed by atoms with Gasteiger partial charge in [0.05, 0.1) is 38.0 Å². The maximum absolute atomic E-state index is 16.4. The van der Waals surface area contributed by atoms with Crippen molar-refractivity contribution >= 4 is 43.5 Å². The predicted molar refractivity (Wildman–Crippen MR) is 186 cm³/mol. The van der Waals surface area contributed by atoms with E-state index in [9.17, 15) is 24.3 Å². The molecule has 0 aliphatic carbocycles. The number of hydrogen-bond acceptors (Lipinski definition) is 8. The number of esters is 1. The molecule has 11 nitrogen and oxygen atoms in total. The molecule has 3 aliphatic rings. The number of anilines is 2. The van der Waals surface area contributed by atoms with E-state index in [1.54, 1.807) is 41.1 Å². The molecule has 266 valence electrons. The monoisotopic (exact) mass is 696 g/mol. The molecule has 3 heterocycles. The SMILES string of the molecule is COC(=O)CCCCN1C(=O)[C@]2(O[C@H](CC(=O)N(CCO)Cc3ccccc3)[C@@H]([Si](C)(C)F)[C@@H]2C)c2cc(NC(=O)[C@H]3CCCN3)ccc21. The van der Waals surface area contributed by atoms with Gasteiger partial charge in [-0.2, -0.15) is 0 Å². The Morgan fingerprint density at radius 2 is 1.94 bits per heavy atom. The van der Waals surface area contributed by atoms with E-state index < -0.39 is 31.6 Å². The van der Waals surface area contributed by atoms with Gasteiger partial charge in [-0.3, -0.25) is 19.2 Å². The summed E-state index contributed by atoms with van der Waals surface area (Å²) in [6.45, 7) is 6.19. The number of aliphatic hydroxyl groups excluding tert-OH is 1. The van der Waals surface area contributed by atoms with Crippen LogP contribution in [0.3, 0.4) is 0 Å². The molecule has 3 aliphatic heterocycles. The average Bonchev–Trinajstić information content (AvgIpc) is 3.77. The fraction of sp³-hybridized carbons (Fsp3) is 0.556. The molecule has 2 aromatic carbocycles. The predicted octanol–water partition coefficient (Wildman–Crippen LogP) is 4.25. The first-order valence-corrected chi connectivity index (χ1v) is 20.2. The molecule has 2 saturated heterocycles. The van der Waals surface area contributed by atoms with Crippen LogP contribution in [0.5, 0.6) is 0 Å². The zero-order valence-corrected chi connectivity index (χ0v) is 29.9. The number of hydrogen-bond donors (Lipinski definition) is 3. The molecule has 5 atom stereocenters. The third-order valence-corrected chi connectivity index (χ3v) is 12.6. The van der Waals surface area contributed by atoms with E-state index in [0.717, 1.165) is 24.9 Å². The molecule has 0 aromatic heterocycles. The molecule has 13 heteroatoms. The van der Waals surface area contributed by atoms with Gasteiger partial charge >= 0.3 is 5.97 Å². The van der Waals surface area contributed by atoms with Crippen molar-refractivity contribution in [2.45, 2.75) is 88.4 Å². The van der Waals surface area contributed by atoms with Gasteiger partial charge in [-0.1, -0.05) is 37.3 Å². The lowest BCUT2D eigenvalue weighted by molar-refractivity contribution is -0.149. The summed E-state index contributed by atoms with van der Waals surface area (Å²) in [5.74, 6) is -1.78. The van der Waals surface area contributed by atoms with Crippen molar-refractivity contribution in [3.05, 3.63) is 59.7 Å². The fourth-order valence-corrected chi connectivity index (χ4v) is 10.3. The Hall–Kier alpha value is -3.65. The standard InChI is InChI=1S/C36H49FN4O7Si/c1-24-33(49(3,4)37)30(22-31(43)40(19-20-42)23-25-11-6-5-7-12-25)48-36(24)27-21-26(39-34(45)28-13-10-17-38-28)15-16-29(27)41(35(36)46)18-9-8-14-32(44)47-2/h5-7,11-12,15-16,21,24,28,30,33,38,42H,8-10,13-14,17-20,22-23H2,1-4H3,(H,39,45)/t24-,28+,30+,33-,36+/m0/s1. The Labute approximate surface area is 288 Å². The Morgan fingerprint density at radius 1 is 1.18 bits per heavy atom. The van der Waals surface area contributed by atoms with Gasteiger partial charge in [0.1, 0.15) is 0 Å². The number of rotatable bonds is 14. The van der Waals surface area contributed by atoms with Crippen molar-refractivity contribution < 1.29 is 37.9 Å². The zero-order chi connectivity index (χ0) is 35.3. The number of ether oxygens (including phenoxy) is 2. The highest BCUT2D eigenvalue weighted by atomic mass is 28.4. The highest BCUT2D eigenvalue weighted by Gasteiger charge is 2.67. The van der Waals surface area contributed by atoms with Gasteiger partial charge in [0.2, 0.25) is 20.2 Å². The number of fused-ring (bicyclic) bond motifs is 2. The minimum atomic E-state index is -3.56. The minimum Gasteiger partial charge on any atom is -0.469 e. The normalized spacial score (nSPS) is 24.7. The van der Waals surface area contributed by atoms with Gasteiger partial charge in [0, 0.05) is 48.8 Å². The molecule has 0 saturated carbocycles. The van der Waals surface area contributed by atoms with Gasteiger partial charge in [-0.05, 0) is 69.1 Å². The van der Waals surface area contributed by atoms with Crippen molar-refractivity contribution in [3.63, 3.8) is 0 Å². The first-order valence-electron chi connectivity index (χ1n) is 17.3. The number of aliphatic hydroxyl groups is 1. The second kappa shape index (κ2) is 15.5. The summed E-state index contributed by atoms with van der Waals surface area (Å²) < 4.78 is 28.0. The van der Waals surface area contributed by atoms with Crippen molar-refractivity contribution in [2.75, 3.05) is 43.6 Å². The second-order valence-corrected chi connectivity index (χ2v) is 17.7. The molecule has 0 radical (unpaired) electrons. The molecule has 1 spiro atoms. The lowest BCUT2D eigenvalue weighted by Crippen LogP contribution is -2.45. The van der Waals surface area contributed by atoms with Crippen LogP contribution in [0.4, 0.5) is 15.5 Å². The number of unbranched alkanes of at least 4 members (excludes halogenated alkanes) is 1. The summed E-state index contributed by atoms with van der Waals surface area (Å²) in [7, 11) is -2.23. The van der Waals surface area contributed by atoms with E-state index in [1.165, 1.54) is 7.11 Å². The first-order chi connectivity index (χ1) is 23.4. The highest BCUT2D eigenvalue weighted by Crippen LogP contribution is 2.60. The molecular weight excluding hydrogens is 648 g/mol. The Bertz CT molecular complexity index is 1520. The Kier molecular flexibility index (Phi) is 11.6. The molecule has 3 amide bonds. The van der Waals surface area contributed by atoms with Crippen LogP contribution >= 0.6 is 0 Å². The largest absolute Gasteiger partial charge is 0.469 e. The topological polar surface area (TPSA) is 138 Å².